The summed E-state index contributed by atoms with van der Waals surface area (Å²) in [5.74, 6) is -0.811. The van der Waals surface area contributed by atoms with Gasteiger partial charge in [0, 0.05) is 17.6 Å². The highest BCUT2D eigenvalue weighted by Crippen LogP contribution is 2.26. The predicted octanol–water partition coefficient (Wildman–Crippen LogP) is 5.18. The van der Waals surface area contributed by atoms with E-state index in [0.717, 1.165) is 21.9 Å². The number of hydrogen-bond acceptors (Lipinski definition) is 4. The average Bonchev–Trinajstić information content (AvgIpc) is 2.91. The Morgan fingerprint density at radius 1 is 0.921 bits per heavy atom. The molecule has 7 nitrogen and oxygen atoms in total. The minimum absolute atomic E-state index is 0.0584. The molecule has 2 atom stereocenters. The fraction of sp³-hybridized carbons (Fsp3) is 0.310. The van der Waals surface area contributed by atoms with E-state index in [1.807, 2.05) is 51.1 Å². The molecule has 3 aromatic rings. The van der Waals surface area contributed by atoms with E-state index in [4.69, 9.17) is 11.6 Å². The third kappa shape index (κ3) is 7.36. The first-order chi connectivity index (χ1) is 18.0. The van der Waals surface area contributed by atoms with Crippen molar-refractivity contribution in [3.05, 3.63) is 95.0 Å². The Bertz CT molecular complexity index is 1330. The molecule has 202 valence electrons. The van der Waals surface area contributed by atoms with Crippen LogP contribution in [0.3, 0.4) is 0 Å². The quantitative estimate of drug-likeness (QED) is 0.353. The second kappa shape index (κ2) is 12.9. The zero-order valence-electron chi connectivity index (χ0n) is 22.1. The van der Waals surface area contributed by atoms with Gasteiger partial charge in [-0.25, -0.2) is 8.42 Å². The number of carbonyl (C=O) groups is 2. The molecule has 1 N–H and O–H groups in total. The van der Waals surface area contributed by atoms with Crippen molar-refractivity contribution in [1.29, 1.82) is 0 Å². The first-order valence-corrected chi connectivity index (χ1v) is 14.3. The molecular weight excluding hydrogens is 522 g/mol. The summed E-state index contributed by atoms with van der Waals surface area (Å²) in [4.78, 5) is 28.4. The Labute approximate surface area is 230 Å². The molecule has 0 saturated heterocycles. The number of rotatable bonds is 11. The molecule has 3 aromatic carbocycles. The highest BCUT2D eigenvalue weighted by atomic mass is 35.5. The Morgan fingerprint density at radius 3 is 2.11 bits per heavy atom. The van der Waals surface area contributed by atoms with Crippen LogP contribution in [0.2, 0.25) is 5.02 Å². The molecule has 0 aliphatic heterocycles. The van der Waals surface area contributed by atoms with Crippen molar-refractivity contribution in [3.8, 4) is 0 Å². The Hall–Kier alpha value is -3.36. The van der Waals surface area contributed by atoms with Crippen LogP contribution in [0.5, 0.6) is 0 Å². The SMILES string of the molecule is CC[C@@H](C)NC(=O)[C@@H](C)N(Cc1ccccc1)C(=O)CN(c1ccc(Cl)cc1)S(=O)(=O)c1ccc(C)cc1. The van der Waals surface area contributed by atoms with Crippen molar-refractivity contribution in [2.45, 2.75) is 57.6 Å². The van der Waals surface area contributed by atoms with Crippen LogP contribution in [0.15, 0.2) is 83.8 Å². The largest absolute Gasteiger partial charge is 0.352 e. The van der Waals surface area contributed by atoms with Gasteiger partial charge in [-0.05, 0) is 69.2 Å². The highest BCUT2D eigenvalue weighted by molar-refractivity contribution is 7.92. The number of carbonyl (C=O) groups excluding carboxylic acids is 2. The van der Waals surface area contributed by atoms with Crippen LogP contribution < -0.4 is 9.62 Å². The molecule has 0 heterocycles. The maximum Gasteiger partial charge on any atom is 0.264 e. The van der Waals surface area contributed by atoms with Gasteiger partial charge in [-0.3, -0.25) is 13.9 Å². The molecule has 3 rings (SSSR count). The van der Waals surface area contributed by atoms with E-state index in [1.54, 1.807) is 43.3 Å². The van der Waals surface area contributed by atoms with Crippen molar-refractivity contribution in [3.63, 3.8) is 0 Å². The van der Waals surface area contributed by atoms with E-state index >= 15 is 0 Å². The lowest BCUT2D eigenvalue weighted by Crippen LogP contribution is -2.52. The molecule has 0 aliphatic rings. The van der Waals surface area contributed by atoms with E-state index in [9.17, 15) is 18.0 Å². The average molecular weight is 556 g/mol. The fourth-order valence-electron chi connectivity index (χ4n) is 3.80. The van der Waals surface area contributed by atoms with Gasteiger partial charge in [-0.1, -0.05) is 66.6 Å². The van der Waals surface area contributed by atoms with Crippen molar-refractivity contribution < 1.29 is 18.0 Å². The van der Waals surface area contributed by atoms with Crippen LogP contribution >= 0.6 is 11.6 Å². The van der Waals surface area contributed by atoms with E-state index in [0.29, 0.717) is 10.7 Å². The summed E-state index contributed by atoms with van der Waals surface area (Å²) in [6.07, 6.45) is 0.740. The molecule has 9 heteroatoms. The lowest BCUT2D eigenvalue weighted by Gasteiger charge is -2.32. The first-order valence-electron chi connectivity index (χ1n) is 12.5. The number of nitrogens with one attached hydrogen (secondary N) is 1. The van der Waals surface area contributed by atoms with Gasteiger partial charge in [0.1, 0.15) is 12.6 Å². The van der Waals surface area contributed by atoms with Crippen LogP contribution in [0.4, 0.5) is 5.69 Å². The van der Waals surface area contributed by atoms with Crippen LogP contribution in [-0.2, 0) is 26.2 Å². The molecular formula is C29H34ClN3O4S. The number of aryl methyl sites for hydroxylation is 1. The minimum Gasteiger partial charge on any atom is -0.352 e. The van der Waals surface area contributed by atoms with E-state index in [2.05, 4.69) is 5.32 Å². The van der Waals surface area contributed by atoms with Gasteiger partial charge in [-0.15, -0.1) is 0 Å². The van der Waals surface area contributed by atoms with Gasteiger partial charge in [-0.2, -0.15) is 0 Å². The van der Waals surface area contributed by atoms with Crippen LogP contribution in [0.1, 0.15) is 38.3 Å². The van der Waals surface area contributed by atoms with Crippen molar-refractivity contribution >= 4 is 39.1 Å². The van der Waals surface area contributed by atoms with Crippen molar-refractivity contribution in [2.24, 2.45) is 0 Å². The third-order valence-corrected chi connectivity index (χ3v) is 8.41. The number of sulfonamides is 1. The number of hydrogen-bond donors (Lipinski definition) is 1. The van der Waals surface area contributed by atoms with Gasteiger partial charge in [0.25, 0.3) is 10.0 Å². The first kappa shape index (κ1) is 29.2. The second-order valence-electron chi connectivity index (χ2n) is 9.30. The maximum absolute atomic E-state index is 13.8. The van der Waals surface area contributed by atoms with Crippen molar-refractivity contribution in [2.75, 3.05) is 10.8 Å². The maximum atomic E-state index is 13.8. The number of halogens is 1. The van der Waals surface area contributed by atoms with Crippen molar-refractivity contribution in [1.82, 2.24) is 10.2 Å². The summed E-state index contributed by atoms with van der Waals surface area (Å²) in [6, 6.07) is 21.1. The summed E-state index contributed by atoms with van der Waals surface area (Å²) in [5.41, 5.74) is 2.02. The third-order valence-electron chi connectivity index (χ3n) is 6.37. The molecule has 0 spiro atoms. The summed E-state index contributed by atoms with van der Waals surface area (Å²) < 4.78 is 28.6. The summed E-state index contributed by atoms with van der Waals surface area (Å²) in [5, 5.41) is 3.36. The molecule has 0 saturated carbocycles. The van der Waals surface area contributed by atoms with Crippen LogP contribution in [0, 0.1) is 6.92 Å². The predicted molar refractivity (Wildman–Crippen MR) is 152 cm³/mol. The van der Waals surface area contributed by atoms with Gasteiger partial charge in [0.05, 0.1) is 10.6 Å². The molecule has 0 bridgehead atoms. The number of amides is 2. The zero-order valence-corrected chi connectivity index (χ0v) is 23.7. The van der Waals surface area contributed by atoms with Gasteiger partial charge in [0.15, 0.2) is 0 Å². The van der Waals surface area contributed by atoms with E-state index in [-0.39, 0.29) is 23.4 Å². The summed E-state index contributed by atoms with van der Waals surface area (Å²) in [6.45, 7) is 7.02. The Morgan fingerprint density at radius 2 is 1.53 bits per heavy atom. The topological polar surface area (TPSA) is 86.8 Å². The summed E-state index contributed by atoms with van der Waals surface area (Å²) in [7, 11) is -4.11. The molecule has 0 fully saturated rings. The molecule has 0 radical (unpaired) electrons. The normalized spacial score (nSPS) is 12.9. The van der Waals surface area contributed by atoms with Gasteiger partial charge < -0.3 is 10.2 Å². The van der Waals surface area contributed by atoms with Gasteiger partial charge in [0.2, 0.25) is 11.8 Å². The lowest BCUT2D eigenvalue weighted by atomic mass is 10.1. The number of nitrogens with zero attached hydrogens (tertiary/aromatic N) is 2. The van der Waals surface area contributed by atoms with Crippen LogP contribution in [-0.4, -0.2) is 43.8 Å². The number of benzene rings is 3. The molecule has 0 aliphatic carbocycles. The summed E-state index contributed by atoms with van der Waals surface area (Å²) >= 11 is 6.05. The highest BCUT2D eigenvalue weighted by Gasteiger charge is 2.32. The fourth-order valence-corrected chi connectivity index (χ4v) is 5.34. The smallest absolute Gasteiger partial charge is 0.264 e. The van der Waals surface area contributed by atoms with Gasteiger partial charge >= 0.3 is 0 Å². The standard InChI is InChI=1S/C29H34ClN3O4S/c1-5-22(3)31-29(35)23(4)32(19-24-9-7-6-8-10-24)28(34)20-33(26-15-13-25(30)14-16-26)38(36,37)27-17-11-21(2)12-18-27/h6-18,22-23H,5,19-20H2,1-4H3,(H,31,35)/t22-,23-/m1/s1. The number of anilines is 1. The Balaban J connectivity index is 2.00. The lowest BCUT2D eigenvalue weighted by molar-refractivity contribution is -0.139. The van der Waals surface area contributed by atoms with E-state index in [1.165, 1.54) is 17.0 Å². The van der Waals surface area contributed by atoms with E-state index < -0.39 is 28.5 Å². The Kier molecular flexibility index (Phi) is 9.94. The monoisotopic (exact) mass is 555 g/mol. The molecule has 0 aromatic heterocycles. The molecule has 2 amide bonds. The zero-order chi connectivity index (χ0) is 27.9. The molecule has 38 heavy (non-hydrogen) atoms. The van der Waals surface area contributed by atoms with Crippen LogP contribution in [0.25, 0.3) is 0 Å². The molecule has 0 unspecified atom stereocenters. The second-order valence-corrected chi connectivity index (χ2v) is 11.6. The minimum atomic E-state index is -4.11.